The molecule has 0 aliphatic rings. The van der Waals surface area contributed by atoms with E-state index in [4.69, 9.17) is 0 Å². The van der Waals surface area contributed by atoms with Crippen LogP contribution < -0.4 is 5.32 Å². The number of aromatic nitrogens is 2. The number of thioether (sulfide) groups is 2. The summed E-state index contributed by atoms with van der Waals surface area (Å²) in [6.45, 7) is 0. The largest absolute Gasteiger partial charge is 0.343 e. The molecule has 0 saturated heterocycles. The summed E-state index contributed by atoms with van der Waals surface area (Å²) in [6, 6.07) is 15.9. The highest BCUT2D eigenvalue weighted by Crippen LogP contribution is 2.20. The lowest BCUT2D eigenvalue weighted by Gasteiger charge is -2.15. The summed E-state index contributed by atoms with van der Waals surface area (Å²) in [5.41, 5.74) is 2.91. The van der Waals surface area contributed by atoms with Crippen LogP contribution in [0.15, 0.2) is 59.5 Å². The van der Waals surface area contributed by atoms with Crippen molar-refractivity contribution in [2.75, 3.05) is 18.3 Å². The van der Waals surface area contributed by atoms with E-state index in [1.807, 2.05) is 48.7 Å². The van der Waals surface area contributed by atoms with Gasteiger partial charge >= 0.3 is 0 Å². The Morgan fingerprint density at radius 3 is 2.67 bits per heavy atom. The van der Waals surface area contributed by atoms with E-state index < -0.39 is 0 Å². The summed E-state index contributed by atoms with van der Waals surface area (Å²) >= 11 is 3.46. The minimum atomic E-state index is -0.138. The van der Waals surface area contributed by atoms with Crippen LogP contribution in [0.25, 0.3) is 17.1 Å². The van der Waals surface area contributed by atoms with Crippen molar-refractivity contribution in [1.82, 2.24) is 15.3 Å². The van der Waals surface area contributed by atoms with Gasteiger partial charge in [0.1, 0.15) is 5.82 Å². The van der Waals surface area contributed by atoms with Crippen LogP contribution in [0.1, 0.15) is 23.9 Å². The number of nitrogens with zero attached hydrogens (tertiary/aromatic N) is 1. The van der Waals surface area contributed by atoms with Gasteiger partial charge in [0.05, 0.1) is 17.1 Å². The maximum absolute atomic E-state index is 12.5. The van der Waals surface area contributed by atoms with Gasteiger partial charge in [-0.25, -0.2) is 4.98 Å². The second-order valence-corrected chi connectivity index (χ2v) is 7.95. The molecule has 2 N–H and O–H groups in total. The van der Waals surface area contributed by atoms with Gasteiger partial charge in [-0.3, -0.25) is 4.79 Å². The lowest BCUT2D eigenvalue weighted by atomic mass is 10.2. The number of aromatic amines is 1. The van der Waals surface area contributed by atoms with Crippen molar-refractivity contribution >= 4 is 46.5 Å². The van der Waals surface area contributed by atoms with Crippen molar-refractivity contribution in [1.29, 1.82) is 0 Å². The van der Waals surface area contributed by atoms with Crippen molar-refractivity contribution in [3.05, 3.63) is 66.0 Å². The van der Waals surface area contributed by atoms with Crippen LogP contribution >= 0.6 is 23.5 Å². The summed E-state index contributed by atoms with van der Waals surface area (Å²) in [5.74, 6) is 1.63. The van der Waals surface area contributed by atoms with E-state index in [1.165, 1.54) is 4.90 Å². The average molecular weight is 398 g/mol. The van der Waals surface area contributed by atoms with Crippen molar-refractivity contribution in [3.8, 4) is 0 Å². The van der Waals surface area contributed by atoms with Crippen molar-refractivity contribution in [2.24, 2.45) is 0 Å². The Morgan fingerprint density at radius 2 is 1.96 bits per heavy atom. The number of hydrogen-bond donors (Lipinski definition) is 2. The summed E-state index contributed by atoms with van der Waals surface area (Å²) in [5, 5.41) is 3.08. The number of benzene rings is 2. The van der Waals surface area contributed by atoms with Crippen LogP contribution in [0.4, 0.5) is 0 Å². The molecule has 0 fully saturated rings. The first-order valence-electron chi connectivity index (χ1n) is 8.76. The van der Waals surface area contributed by atoms with Crippen LogP contribution in [0.2, 0.25) is 0 Å². The van der Waals surface area contributed by atoms with Gasteiger partial charge in [-0.2, -0.15) is 11.8 Å². The predicted octanol–water partition coefficient (Wildman–Crippen LogP) is 4.91. The van der Waals surface area contributed by atoms with Gasteiger partial charge < -0.3 is 10.3 Å². The summed E-state index contributed by atoms with van der Waals surface area (Å²) in [6.07, 6.45) is 8.36. The Labute approximate surface area is 168 Å². The first-order valence-corrected chi connectivity index (χ1v) is 11.4. The van der Waals surface area contributed by atoms with Crippen LogP contribution in [-0.2, 0) is 4.79 Å². The molecule has 0 spiro atoms. The highest BCUT2D eigenvalue weighted by molar-refractivity contribution is 7.98. The molecule has 0 radical (unpaired) electrons. The minimum absolute atomic E-state index is 0.115. The number of carbonyl (C=O) groups excluding carboxylic acids is 1. The van der Waals surface area contributed by atoms with E-state index >= 15 is 0 Å². The standard InChI is InChI=1S/C21H23N3OS2/c1-26-14-13-19(21-23-17-5-3-4-6-18(17)24-21)22-20(25)12-9-15-7-10-16(27-2)11-8-15/h3-12,19H,13-14H2,1-2H3,(H,22,25)(H,23,24). The van der Waals surface area contributed by atoms with Crippen molar-refractivity contribution in [2.45, 2.75) is 17.4 Å². The predicted molar refractivity (Wildman–Crippen MR) is 117 cm³/mol. The number of nitrogens with one attached hydrogen (secondary N) is 2. The van der Waals surface area contributed by atoms with Gasteiger partial charge in [-0.1, -0.05) is 24.3 Å². The second-order valence-electron chi connectivity index (χ2n) is 6.09. The number of fused-ring (bicyclic) bond motifs is 1. The molecule has 0 aliphatic heterocycles. The van der Waals surface area contributed by atoms with Crippen LogP contribution in [0, 0.1) is 0 Å². The number of amides is 1. The molecule has 6 heteroatoms. The number of hydrogen-bond acceptors (Lipinski definition) is 4. The number of H-pyrrole nitrogens is 1. The molecule has 0 saturated carbocycles. The minimum Gasteiger partial charge on any atom is -0.343 e. The zero-order valence-corrected chi connectivity index (χ0v) is 17.1. The Bertz CT molecular complexity index is 886. The summed E-state index contributed by atoms with van der Waals surface area (Å²) in [7, 11) is 0. The average Bonchev–Trinajstić information content (AvgIpc) is 3.14. The monoisotopic (exact) mass is 397 g/mol. The maximum Gasteiger partial charge on any atom is 0.244 e. The SMILES string of the molecule is CSCCC(NC(=O)C=Cc1ccc(SC)cc1)c1nc2ccccc2[nH]1. The summed E-state index contributed by atoms with van der Waals surface area (Å²) in [4.78, 5) is 21.6. The third-order valence-corrected chi connectivity index (χ3v) is 5.60. The first kappa shape index (κ1) is 19.6. The first-order chi connectivity index (χ1) is 13.2. The van der Waals surface area contributed by atoms with Gasteiger partial charge in [0, 0.05) is 11.0 Å². The zero-order valence-electron chi connectivity index (χ0n) is 15.4. The second kappa shape index (κ2) is 9.67. The molecule has 2 aromatic carbocycles. The topological polar surface area (TPSA) is 57.8 Å². The third-order valence-electron chi connectivity index (χ3n) is 4.21. The maximum atomic E-state index is 12.5. The number of imidazole rings is 1. The van der Waals surface area contributed by atoms with Crippen LogP contribution in [-0.4, -0.2) is 34.1 Å². The molecule has 0 aliphatic carbocycles. The van der Waals surface area contributed by atoms with Gasteiger partial charge in [-0.15, -0.1) is 11.8 Å². The number of para-hydroxylation sites is 2. The van der Waals surface area contributed by atoms with E-state index in [1.54, 1.807) is 29.6 Å². The van der Waals surface area contributed by atoms with Gasteiger partial charge in [0.2, 0.25) is 5.91 Å². The van der Waals surface area contributed by atoms with Crippen LogP contribution in [0.3, 0.4) is 0 Å². The molecular formula is C21H23N3OS2. The fraction of sp³-hybridized carbons (Fsp3) is 0.238. The molecule has 27 heavy (non-hydrogen) atoms. The van der Waals surface area contributed by atoms with Gasteiger partial charge in [0.25, 0.3) is 0 Å². The van der Waals surface area contributed by atoms with E-state index in [9.17, 15) is 4.79 Å². The lowest BCUT2D eigenvalue weighted by molar-refractivity contribution is -0.117. The van der Waals surface area contributed by atoms with E-state index in [2.05, 4.69) is 33.7 Å². The smallest absolute Gasteiger partial charge is 0.244 e. The molecule has 1 amide bonds. The Morgan fingerprint density at radius 1 is 1.19 bits per heavy atom. The van der Waals surface area contributed by atoms with Gasteiger partial charge in [-0.05, 0) is 60.6 Å². The molecule has 0 bridgehead atoms. The molecule has 3 aromatic rings. The fourth-order valence-electron chi connectivity index (χ4n) is 2.76. The highest BCUT2D eigenvalue weighted by atomic mass is 32.2. The third kappa shape index (κ3) is 5.40. The Kier molecular flexibility index (Phi) is 7.01. The van der Waals surface area contributed by atoms with E-state index in [-0.39, 0.29) is 11.9 Å². The zero-order chi connectivity index (χ0) is 19.1. The fourth-order valence-corrected chi connectivity index (χ4v) is 3.64. The molecule has 4 nitrogen and oxygen atoms in total. The number of rotatable bonds is 8. The molecular weight excluding hydrogens is 374 g/mol. The molecule has 1 atom stereocenters. The molecule has 1 unspecified atom stereocenters. The Hall–Kier alpha value is -2.18. The van der Waals surface area contributed by atoms with Crippen molar-refractivity contribution < 1.29 is 4.79 Å². The molecule has 1 heterocycles. The number of carbonyl (C=O) groups is 1. The highest BCUT2D eigenvalue weighted by Gasteiger charge is 2.17. The lowest BCUT2D eigenvalue weighted by Crippen LogP contribution is -2.28. The quantitative estimate of drug-likeness (QED) is 0.419. The molecule has 140 valence electrons. The Balaban J connectivity index is 1.71. The van der Waals surface area contributed by atoms with E-state index in [0.717, 1.165) is 34.6 Å². The van der Waals surface area contributed by atoms with E-state index in [0.29, 0.717) is 0 Å². The van der Waals surface area contributed by atoms with Gasteiger partial charge in [0.15, 0.2) is 0 Å². The molecule has 3 rings (SSSR count). The molecule has 1 aromatic heterocycles. The normalized spacial score (nSPS) is 12.5. The summed E-state index contributed by atoms with van der Waals surface area (Å²) < 4.78 is 0. The van der Waals surface area contributed by atoms with Crippen LogP contribution in [0.5, 0.6) is 0 Å². The van der Waals surface area contributed by atoms with Crippen molar-refractivity contribution in [3.63, 3.8) is 0 Å².